The van der Waals surface area contributed by atoms with Gasteiger partial charge < -0.3 is 25.6 Å². The lowest BCUT2D eigenvalue weighted by Gasteiger charge is -2.35. The highest BCUT2D eigenvalue weighted by Crippen LogP contribution is 2.41. The van der Waals surface area contributed by atoms with E-state index in [4.69, 9.17) is 10.5 Å². The van der Waals surface area contributed by atoms with Crippen LogP contribution in [0, 0.1) is 0 Å². The Labute approximate surface area is 131 Å². The third kappa shape index (κ3) is 3.46. The maximum atomic E-state index is 10.7. The van der Waals surface area contributed by atoms with Gasteiger partial charge in [0.15, 0.2) is 6.23 Å². The third-order valence-corrected chi connectivity index (χ3v) is 5.46. The van der Waals surface area contributed by atoms with Crippen LogP contribution in [0.1, 0.15) is 13.3 Å². The molecule has 22 heavy (non-hydrogen) atoms. The van der Waals surface area contributed by atoms with E-state index in [9.17, 15) is 10.2 Å². The second kappa shape index (κ2) is 5.85. The number of nitrogens with zero attached hydrogens (tertiary/aromatic N) is 2. The van der Waals surface area contributed by atoms with Crippen LogP contribution in [0.25, 0.3) is 0 Å². The summed E-state index contributed by atoms with van der Waals surface area (Å²) >= 11 is 0. The lowest BCUT2D eigenvalue weighted by Crippen LogP contribution is -2.51. The number of aliphatic hydroxyl groups is 2. The molecule has 124 valence electrons. The summed E-state index contributed by atoms with van der Waals surface area (Å²) < 4.78 is 5.92. The Bertz CT molecular complexity index is 564. The molecule has 0 aromatic rings. The fourth-order valence-electron chi connectivity index (χ4n) is 2.65. The molecule has 2 heterocycles. The van der Waals surface area contributed by atoms with Crippen LogP contribution in [0.15, 0.2) is 29.7 Å². The van der Waals surface area contributed by atoms with Gasteiger partial charge in [-0.25, -0.2) is 4.99 Å². The Balaban J connectivity index is 2.15. The summed E-state index contributed by atoms with van der Waals surface area (Å²) in [6.45, 7) is 8.44. The number of aliphatic hydroxyl groups excluding tert-OH is 1. The molecule has 0 saturated carbocycles. The van der Waals surface area contributed by atoms with Crippen molar-refractivity contribution in [3.05, 3.63) is 24.7 Å². The van der Waals surface area contributed by atoms with E-state index in [0.717, 1.165) is 6.16 Å². The van der Waals surface area contributed by atoms with Gasteiger partial charge in [-0.1, -0.05) is 6.58 Å². The Hall–Kier alpha value is -1.07. The van der Waals surface area contributed by atoms with Gasteiger partial charge in [0.1, 0.15) is 23.4 Å². The standard InChI is InChI=1S/C15H26N3O3P/c1-10-17-12(16)6-8-18(10)14-15(2,20)13(19)11(21-14)7-9-22(3,4)5/h6,8,11,13-14,19-20H,1,3,7,9H2,2,4-5H3,(H2,16,17)/t11?,13-,14?,15-/m1/s1. The van der Waals surface area contributed by atoms with Crippen molar-refractivity contribution in [3.63, 3.8) is 0 Å². The van der Waals surface area contributed by atoms with E-state index >= 15 is 0 Å². The molecule has 0 aromatic heterocycles. The number of nitrogens with two attached hydrogens (primary N) is 1. The zero-order chi connectivity index (χ0) is 16.7. The minimum atomic E-state index is -1.43. The molecule has 0 radical (unpaired) electrons. The highest BCUT2D eigenvalue weighted by atomic mass is 31.2. The Kier molecular flexibility index (Phi) is 4.60. The molecule has 1 fully saturated rings. The largest absolute Gasteiger partial charge is 0.387 e. The van der Waals surface area contributed by atoms with Gasteiger partial charge in [0.25, 0.3) is 0 Å². The monoisotopic (exact) mass is 327 g/mol. The molecule has 2 rings (SSSR count). The molecule has 2 aliphatic rings. The van der Waals surface area contributed by atoms with Gasteiger partial charge >= 0.3 is 0 Å². The molecule has 1 saturated heterocycles. The summed E-state index contributed by atoms with van der Waals surface area (Å²) in [5.74, 6) is 0.725. The van der Waals surface area contributed by atoms with E-state index in [2.05, 4.69) is 31.2 Å². The van der Waals surface area contributed by atoms with Gasteiger partial charge in [0.05, 0.1) is 6.10 Å². The Morgan fingerprint density at radius 2 is 2.18 bits per heavy atom. The second-order valence-corrected chi connectivity index (χ2v) is 11.1. The molecule has 0 aromatic carbocycles. The predicted octanol–water partition coefficient (Wildman–Crippen LogP) is 0.580. The molecule has 0 bridgehead atoms. The summed E-state index contributed by atoms with van der Waals surface area (Å²) in [6.07, 6.45) is 6.82. The Morgan fingerprint density at radius 3 is 2.73 bits per heavy atom. The van der Waals surface area contributed by atoms with Crippen molar-refractivity contribution in [2.45, 2.75) is 37.4 Å². The molecule has 2 aliphatic heterocycles. The summed E-state index contributed by atoms with van der Waals surface area (Å²) in [5, 5.41) is 21.1. The van der Waals surface area contributed by atoms with Crippen molar-refractivity contribution in [2.75, 3.05) is 19.5 Å². The van der Waals surface area contributed by atoms with Gasteiger partial charge in [-0.3, -0.25) is 0 Å². The van der Waals surface area contributed by atoms with Crippen LogP contribution in [0.2, 0.25) is 0 Å². The van der Waals surface area contributed by atoms with Crippen molar-refractivity contribution in [1.82, 2.24) is 4.90 Å². The number of ether oxygens (including phenoxy) is 1. The van der Waals surface area contributed by atoms with Crippen LogP contribution in [0.4, 0.5) is 0 Å². The summed E-state index contributed by atoms with van der Waals surface area (Å²) in [5.41, 5.74) is 4.20. The van der Waals surface area contributed by atoms with E-state index in [1.165, 1.54) is 0 Å². The SMILES string of the molecule is C=C1N=C(N)C=CN1C1OC(CCP(=C)(C)C)[C@@H](O)[C@@]1(C)O. The average molecular weight is 327 g/mol. The molecular formula is C15H26N3O3P. The molecule has 4 N–H and O–H groups in total. The summed E-state index contributed by atoms with van der Waals surface area (Å²) in [6, 6.07) is 0. The first-order valence-corrected chi connectivity index (χ1v) is 10.3. The molecule has 0 aliphatic carbocycles. The topological polar surface area (TPSA) is 91.3 Å². The van der Waals surface area contributed by atoms with Crippen LogP contribution in [-0.2, 0) is 4.74 Å². The molecular weight excluding hydrogens is 301 g/mol. The maximum Gasteiger partial charge on any atom is 0.166 e. The van der Waals surface area contributed by atoms with E-state index in [1.54, 1.807) is 24.1 Å². The molecule has 2 unspecified atom stereocenters. The van der Waals surface area contributed by atoms with Crippen LogP contribution < -0.4 is 5.73 Å². The highest BCUT2D eigenvalue weighted by Gasteiger charge is 2.54. The van der Waals surface area contributed by atoms with Crippen molar-refractivity contribution in [2.24, 2.45) is 10.7 Å². The fraction of sp³-hybridized carbons (Fsp3) is 0.600. The van der Waals surface area contributed by atoms with Crippen molar-refractivity contribution in [3.8, 4) is 0 Å². The highest BCUT2D eigenvalue weighted by molar-refractivity contribution is 7.72. The normalized spacial score (nSPS) is 35.9. The number of hydrogen-bond acceptors (Lipinski definition) is 6. The van der Waals surface area contributed by atoms with Crippen LogP contribution in [0.3, 0.4) is 0 Å². The number of amidine groups is 1. The second-order valence-electron chi connectivity index (χ2n) is 6.82. The number of rotatable bonds is 4. The zero-order valence-corrected chi connectivity index (χ0v) is 14.3. The van der Waals surface area contributed by atoms with Crippen molar-refractivity contribution < 1.29 is 14.9 Å². The Morgan fingerprint density at radius 1 is 1.55 bits per heavy atom. The lowest BCUT2D eigenvalue weighted by molar-refractivity contribution is -0.109. The predicted molar refractivity (Wildman–Crippen MR) is 92.4 cm³/mol. The zero-order valence-electron chi connectivity index (χ0n) is 13.4. The molecule has 7 heteroatoms. The van der Waals surface area contributed by atoms with Crippen LogP contribution in [0.5, 0.6) is 0 Å². The minimum absolute atomic E-state index is 0.347. The van der Waals surface area contributed by atoms with Gasteiger partial charge in [-0.2, -0.15) is 0 Å². The molecule has 6 nitrogen and oxygen atoms in total. The first-order chi connectivity index (χ1) is 10.0. The van der Waals surface area contributed by atoms with Crippen molar-refractivity contribution in [1.29, 1.82) is 0 Å². The number of hydrogen-bond donors (Lipinski definition) is 3. The third-order valence-electron chi connectivity index (χ3n) is 3.99. The van der Waals surface area contributed by atoms with E-state index < -0.39 is 30.9 Å². The average Bonchev–Trinajstić information content (AvgIpc) is 2.59. The van der Waals surface area contributed by atoms with Gasteiger partial charge in [0, 0.05) is 6.20 Å². The fourth-order valence-corrected chi connectivity index (χ4v) is 3.60. The van der Waals surface area contributed by atoms with E-state index in [0.29, 0.717) is 18.1 Å². The van der Waals surface area contributed by atoms with E-state index in [1.807, 2.05) is 0 Å². The maximum absolute atomic E-state index is 10.7. The molecule has 0 spiro atoms. The molecule has 4 atom stereocenters. The lowest BCUT2D eigenvalue weighted by atomic mass is 9.95. The van der Waals surface area contributed by atoms with E-state index in [-0.39, 0.29) is 0 Å². The molecule has 0 amide bonds. The van der Waals surface area contributed by atoms with Gasteiger partial charge in [-0.05, 0) is 38.9 Å². The van der Waals surface area contributed by atoms with Crippen molar-refractivity contribution >= 4 is 19.0 Å². The van der Waals surface area contributed by atoms with Crippen LogP contribution >= 0.6 is 6.89 Å². The van der Waals surface area contributed by atoms with Crippen LogP contribution in [-0.4, -0.2) is 70.8 Å². The number of aliphatic imine (C=N–C) groups is 1. The summed E-state index contributed by atoms with van der Waals surface area (Å²) in [7, 11) is 0. The quantitative estimate of drug-likeness (QED) is 0.657. The minimum Gasteiger partial charge on any atom is -0.387 e. The smallest absolute Gasteiger partial charge is 0.166 e. The first-order valence-electron chi connectivity index (χ1n) is 7.25. The first kappa shape index (κ1) is 17.3. The van der Waals surface area contributed by atoms with Gasteiger partial charge in [0.2, 0.25) is 0 Å². The summed E-state index contributed by atoms with van der Waals surface area (Å²) in [4.78, 5) is 5.67. The van der Waals surface area contributed by atoms with Gasteiger partial charge in [-0.15, -0.1) is 13.2 Å².